The fraction of sp³-hybridized carbons (Fsp3) is 0.222. The SMILES string of the molecule is O=C(Cn1ccc2ncc(-c3ccc(F)c(F)c3)cc21)NC1CC1. The van der Waals surface area contributed by atoms with Crippen molar-refractivity contribution in [1.82, 2.24) is 14.9 Å². The highest BCUT2D eigenvalue weighted by atomic mass is 19.2. The van der Waals surface area contributed by atoms with Crippen LogP contribution in [0.25, 0.3) is 22.2 Å². The molecule has 122 valence electrons. The number of halogens is 2. The Morgan fingerprint density at radius 2 is 2.00 bits per heavy atom. The zero-order valence-corrected chi connectivity index (χ0v) is 12.8. The molecule has 0 unspecified atom stereocenters. The number of hydrogen-bond acceptors (Lipinski definition) is 2. The molecule has 0 bridgehead atoms. The summed E-state index contributed by atoms with van der Waals surface area (Å²) in [7, 11) is 0. The maximum absolute atomic E-state index is 13.4. The fourth-order valence-corrected chi connectivity index (χ4v) is 2.69. The second-order valence-corrected chi connectivity index (χ2v) is 6.04. The zero-order valence-electron chi connectivity index (χ0n) is 12.8. The summed E-state index contributed by atoms with van der Waals surface area (Å²) in [6.07, 6.45) is 5.50. The summed E-state index contributed by atoms with van der Waals surface area (Å²) in [6.45, 7) is 0.211. The molecule has 0 aliphatic heterocycles. The summed E-state index contributed by atoms with van der Waals surface area (Å²) in [6, 6.07) is 7.72. The summed E-state index contributed by atoms with van der Waals surface area (Å²) in [5.41, 5.74) is 2.74. The van der Waals surface area contributed by atoms with Crippen LogP contribution in [0, 0.1) is 11.6 Å². The molecule has 1 aliphatic rings. The van der Waals surface area contributed by atoms with E-state index in [4.69, 9.17) is 0 Å². The van der Waals surface area contributed by atoms with Crippen LogP contribution in [0.15, 0.2) is 42.7 Å². The second-order valence-electron chi connectivity index (χ2n) is 6.04. The molecule has 0 saturated heterocycles. The number of benzene rings is 1. The maximum atomic E-state index is 13.4. The Kier molecular flexibility index (Phi) is 3.52. The summed E-state index contributed by atoms with van der Waals surface area (Å²) >= 11 is 0. The van der Waals surface area contributed by atoms with Crippen LogP contribution >= 0.6 is 0 Å². The number of hydrogen-bond donors (Lipinski definition) is 1. The Morgan fingerprint density at radius 3 is 2.75 bits per heavy atom. The molecule has 1 aromatic carbocycles. The number of aromatic nitrogens is 2. The number of fused-ring (bicyclic) bond motifs is 1. The van der Waals surface area contributed by atoms with E-state index in [9.17, 15) is 13.6 Å². The quantitative estimate of drug-likeness (QED) is 0.799. The van der Waals surface area contributed by atoms with E-state index in [1.807, 2.05) is 16.7 Å². The highest BCUT2D eigenvalue weighted by molar-refractivity contribution is 5.84. The van der Waals surface area contributed by atoms with Crippen LogP contribution in [-0.2, 0) is 11.3 Å². The monoisotopic (exact) mass is 327 g/mol. The van der Waals surface area contributed by atoms with Gasteiger partial charge in [-0.15, -0.1) is 0 Å². The smallest absolute Gasteiger partial charge is 0.240 e. The lowest BCUT2D eigenvalue weighted by Crippen LogP contribution is -2.29. The largest absolute Gasteiger partial charge is 0.352 e. The van der Waals surface area contributed by atoms with Crippen molar-refractivity contribution in [3.63, 3.8) is 0 Å². The number of nitrogens with one attached hydrogen (secondary N) is 1. The predicted molar refractivity (Wildman–Crippen MR) is 86.2 cm³/mol. The molecule has 0 atom stereocenters. The molecule has 0 radical (unpaired) electrons. The molecule has 24 heavy (non-hydrogen) atoms. The lowest BCUT2D eigenvalue weighted by atomic mass is 10.1. The first kappa shape index (κ1) is 14.8. The third-order valence-corrected chi connectivity index (χ3v) is 4.13. The third kappa shape index (κ3) is 2.87. The Morgan fingerprint density at radius 1 is 1.17 bits per heavy atom. The normalized spacial score (nSPS) is 14.1. The van der Waals surface area contributed by atoms with E-state index in [-0.39, 0.29) is 12.5 Å². The van der Waals surface area contributed by atoms with Crippen molar-refractivity contribution in [2.45, 2.75) is 25.4 Å². The molecule has 2 aromatic heterocycles. The summed E-state index contributed by atoms with van der Waals surface area (Å²) in [4.78, 5) is 16.3. The van der Waals surface area contributed by atoms with Gasteiger partial charge in [-0.05, 0) is 42.7 Å². The average molecular weight is 327 g/mol. The minimum Gasteiger partial charge on any atom is -0.352 e. The lowest BCUT2D eigenvalue weighted by molar-refractivity contribution is -0.121. The van der Waals surface area contributed by atoms with Crippen molar-refractivity contribution < 1.29 is 13.6 Å². The number of rotatable bonds is 4. The molecule has 1 amide bonds. The Balaban J connectivity index is 1.66. The van der Waals surface area contributed by atoms with Crippen molar-refractivity contribution in [2.24, 2.45) is 0 Å². The van der Waals surface area contributed by atoms with Crippen LogP contribution in [0.2, 0.25) is 0 Å². The minimum absolute atomic E-state index is 0.0340. The average Bonchev–Trinajstić information content (AvgIpc) is 3.29. The molecule has 4 nitrogen and oxygen atoms in total. The van der Waals surface area contributed by atoms with Crippen LogP contribution < -0.4 is 5.32 Å². The van der Waals surface area contributed by atoms with Crippen molar-refractivity contribution in [1.29, 1.82) is 0 Å². The van der Waals surface area contributed by atoms with Gasteiger partial charge in [0.05, 0.1) is 11.0 Å². The Labute approximate surface area is 137 Å². The van der Waals surface area contributed by atoms with E-state index < -0.39 is 11.6 Å². The predicted octanol–water partition coefficient (Wildman–Crippen LogP) is 3.26. The molecule has 3 aromatic rings. The van der Waals surface area contributed by atoms with E-state index in [1.54, 1.807) is 12.4 Å². The van der Waals surface area contributed by atoms with Gasteiger partial charge in [0, 0.05) is 24.0 Å². The molecule has 4 rings (SSSR count). The molecule has 1 saturated carbocycles. The van der Waals surface area contributed by atoms with Gasteiger partial charge < -0.3 is 9.88 Å². The summed E-state index contributed by atoms with van der Waals surface area (Å²) in [5, 5.41) is 2.95. The molecule has 2 heterocycles. The minimum atomic E-state index is -0.896. The maximum Gasteiger partial charge on any atom is 0.240 e. The number of pyridine rings is 1. The third-order valence-electron chi connectivity index (χ3n) is 4.13. The number of carbonyl (C=O) groups excluding carboxylic acids is 1. The lowest BCUT2D eigenvalue weighted by Gasteiger charge is -2.08. The first-order valence-corrected chi connectivity index (χ1v) is 7.80. The molecule has 1 fully saturated rings. The van der Waals surface area contributed by atoms with Crippen molar-refractivity contribution >= 4 is 16.9 Å². The molecular formula is C18H15F2N3O. The van der Waals surface area contributed by atoms with E-state index in [0.29, 0.717) is 17.2 Å². The van der Waals surface area contributed by atoms with E-state index >= 15 is 0 Å². The highest BCUT2D eigenvalue weighted by Crippen LogP contribution is 2.25. The van der Waals surface area contributed by atoms with Gasteiger partial charge >= 0.3 is 0 Å². The first-order valence-electron chi connectivity index (χ1n) is 7.80. The Bertz CT molecular complexity index is 931. The summed E-state index contributed by atoms with van der Waals surface area (Å²) in [5.74, 6) is -1.81. The number of carbonyl (C=O) groups is 1. The standard InChI is InChI=1S/C18H15F2N3O/c19-14-4-1-11(7-15(14)20)12-8-17-16(21-9-12)5-6-23(17)10-18(24)22-13-2-3-13/h1,4-9,13H,2-3,10H2,(H,22,24). The Hall–Kier alpha value is -2.76. The molecule has 1 aliphatic carbocycles. The van der Waals surface area contributed by atoms with E-state index in [0.717, 1.165) is 36.0 Å². The highest BCUT2D eigenvalue weighted by Gasteiger charge is 2.23. The molecule has 0 spiro atoms. The van der Waals surface area contributed by atoms with E-state index in [2.05, 4.69) is 10.3 Å². The van der Waals surface area contributed by atoms with Gasteiger partial charge in [0.2, 0.25) is 5.91 Å². The van der Waals surface area contributed by atoms with Crippen molar-refractivity contribution in [3.05, 3.63) is 54.4 Å². The van der Waals surface area contributed by atoms with Gasteiger partial charge in [-0.3, -0.25) is 9.78 Å². The molecule has 1 N–H and O–H groups in total. The van der Waals surface area contributed by atoms with Gasteiger partial charge in [-0.1, -0.05) is 6.07 Å². The van der Waals surface area contributed by atoms with Crippen LogP contribution in [0.3, 0.4) is 0 Å². The second kappa shape index (κ2) is 5.70. The van der Waals surface area contributed by atoms with Gasteiger partial charge in [0.15, 0.2) is 11.6 Å². The number of amides is 1. The van der Waals surface area contributed by atoms with Crippen LogP contribution in [0.4, 0.5) is 8.78 Å². The van der Waals surface area contributed by atoms with Gasteiger partial charge in [-0.25, -0.2) is 8.78 Å². The van der Waals surface area contributed by atoms with Gasteiger partial charge in [-0.2, -0.15) is 0 Å². The van der Waals surface area contributed by atoms with Gasteiger partial charge in [0.25, 0.3) is 0 Å². The molecule has 6 heteroatoms. The van der Waals surface area contributed by atoms with Crippen LogP contribution in [-0.4, -0.2) is 21.5 Å². The van der Waals surface area contributed by atoms with Crippen LogP contribution in [0.5, 0.6) is 0 Å². The molecular weight excluding hydrogens is 312 g/mol. The topological polar surface area (TPSA) is 46.9 Å². The van der Waals surface area contributed by atoms with E-state index in [1.165, 1.54) is 6.07 Å². The first-order chi connectivity index (χ1) is 11.6. The summed E-state index contributed by atoms with van der Waals surface area (Å²) < 4.78 is 28.3. The fourth-order valence-electron chi connectivity index (χ4n) is 2.69. The van der Waals surface area contributed by atoms with Crippen molar-refractivity contribution in [3.8, 4) is 11.1 Å². The zero-order chi connectivity index (χ0) is 16.7. The number of nitrogens with zero attached hydrogens (tertiary/aromatic N) is 2. The van der Waals surface area contributed by atoms with Gasteiger partial charge in [0.1, 0.15) is 6.54 Å². The van der Waals surface area contributed by atoms with Crippen molar-refractivity contribution in [2.75, 3.05) is 0 Å². The van der Waals surface area contributed by atoms with Crippen LogP contribution in [0.1, 0.15) is 12.8 Å².